The third kappa shape index (κ3) is 3.32. The topological polar surface area (TPSA) is 75.7 Å². The molecule has 1 aromatic carbocycles. The van der Waals surface area contributed by atoms with E-state index >= 15 is 0 Å². The van der Waals surface area contributed by atoms with Crippen molar-refractivity contribution in [1.29, 1.82) is 0 Å². The van der Waals surface area contributed by atoms with Gasteiger partial charge in [-0.2, -0.15) is 0 Å². The number of aromatic amines is 1. The van der Waals surface area contributed by atoms with Gasteiger partial charge < -0.3 is 4.98 Å². The number of nitrogens with one attached hydrogen (secondary N) is 1. The first-order valence-electron chi connectivity index (χ1n) is 7.11. The molecule has 2 heterocycles. The average Bonchev–Trinajstić information content (AvgIpc) is 3.09. The third-order valence-corrected chi connectivity index (χ3v) is 3.50. The van der Waals surface area contributed by atoms with Crippen LogP contribution in [0.1, 0.15) is 32.0 Å². The van der Waals surface area contributed by atoms with E-state index < -0.39 is 28.8 Å². The Labute approximate surface area is 139 Å². The Hall–Kier alpha value is -3.29. The summed E-state index contributed by atoms with van der Waals surface area (Å²) in [6.45, 7) is 0. The van der Waals surface area contributed by atoms with Gasteiger partial charge in [-0.1, -0.05) is 0 Å². The Bertz CT molecular complexity index is 955. The highest BCUT2D eigenvalue weighted by atomic mass is 19.2. The second-order valence-electron chi connectivity index (χ2n) is 5.20. The van der Waals surface area contributed by atoms with Crippen molar-refractivity contribution in [3.8, 4) is 0 Å². The van der Waals surface area contributed by atoms with Crippen LogP contribution in [0.5, 0.6) is 0 Å². The first kappa shape index (κ1) is 16.6. The van der Waals surface area contributed by atoms with Gasteiger partial charge in [-0.05, 0) is 23.8 Å². The van der Waals surface area contributed by atoms with Gasteiger partial charge in [0.15, 0.2) is 17.4 Å². The Morgan fingerprint density at radius 1 is 1.04 bits per heavy atom. The number of carbonyl (C=O) groups is 2. The summed E-state index contributed by atoms with van der Waals surface area (Å²) in [4.78, 5) is 34.6. The average molecular weight is 345 g/mol. The van der Waals surface area contributed by atoms with Crippen LogP contribution in [-0.4, -0.2) is 26.5 Å². The summed E-state index contributed by atoms with van der Waals surface area (Å²) in [5.74, 6) is -5.51. The lowest BCUT2D eigenvalue weighted by Crippen LogP contribution is -2.08. The SMILES string of the molecule is O=C(Cc1cncnc1)c1cc(C(=O)c2c(F)ccc(F)c2F)c[nH]1. The highest BCUT2D eigenvalue weighted by Gasteiger charge is 2.23. The molecule has 0 aliphatic rings. The van der Waals surface area contributed by atoms with Gasteiger partial charge in [-0.3, -0.25) is 9.59 Å². The monoisotopic (exact) mass is 345 g/mol. The number of hydrogen-bond donors (Lipinski definition) is 1. The summed E-state index contributed by atoms with van der Waals surface area (Å²) in [7, 11) is 0. The highest BCUT2D eigenvalue weighted by Crippen LogP contribution is 2.20. The lowest BCUT2D eigenvalue weighted by Gasteiger charge is -2.03. The molecule has 2 aromatic heterocycles. The maximum atomic E-state index is 13.7. The molecule has 0 aliphatic heterocycles. The highest BCUT2D eigenvalue weighted by molar-refractivity contribution is 6.10. The van der Waals surface area contributed by atoms with Crippen molar-refractivity contribution in [2.24, 2.45) is 0 Å². The normalized spacial score (nSPS) is 10.7. The van der Waals surface area contributed by atoms with Gasteiger partial charge in [0, 0.05) is 30.6 Å². The fourth-order valence-corrected chi connectivity index (χ4v) is 2.27. The predicted octanol–water partition coefficient (Wildman–Crippen LogP) is 2.88. The Morgan fingerprint density at radius 3 is 2.44 bits per heavy atom. The van der Waals surface area contributed by atoms with E-state index in [0.29, 0.717) is 17.7 Å². The lowest BCUT2D eigenvalue weighted by atomic mass is 10.0. The van der Waals surface area contributed by atoms with Crippen LogP contribution in [0.15, 0.2) is 43.1 Å². The molecule has 0 atom stereocenters. The Balaban J connectivity index is 1.85. The molecular weight excluding hydrogens is 335 g/mol. The van der Waals surface area contributed by atoms with E-state index in [1.54, 1.807) is 0 Å². The molecule has 126 valence electrons. The minimum atomic E-state index is -1.57. The number of benzene rings is 1. The molecule has 3 aromatic rings. The van der Waals surface area contributed by atoms with Crippen molar-refractivity contribution >= 4 is 11.6 Å². The first-order valence-corrected chi connectivity index (χ1v) is 7.11. The minimum absolute atomic E-state index is 0.0162. The van der Waals surface area contributed by atoms with Crippen LogP contribution in [0, 0.1) is 17.5 Å². The van der Waals surface area contributed by atoms with Crippen molar-refractivity contribution in [1.82, 2.24) is 15.0 Å². The number of H-pyrrole nitrogens is 1. The van der Waals surface area contributed by atoms with E-state index in [0.717, 1.165) is 12.3 Å². The number of carbonyl (C=O) groups excluding carboxylic acids is 2. The maximum absolute atomic E-state index is 13.7. The number of halogens is 3. The van der Waals surface area contributed by atoms with E-state index in [2.05, 4.69) is 15.0 Å². The van der Waals surface area contributed by atoms with Crippen LogP contribution in [0.4, 0.5) is 13.2 Å². The molecule has 0 radical (unpaired) electrons. The molecule has 0 unspecified atom stereocenters. The molecular formula is C17H10F3N3O2. The van der Waals surface area contributed by atoms with Crippen LogP contribution >= 0.6 is 0 Å². The van der Waals surface area contributed by atoms with Gasteiger partial charge in [0.05, 0.1) is 11.3 Å². The fraction of sp³-hybridized carbons (Fsp3) is 0.0588. The fourth-order valence-electron chi connectivity index (χ4n) is 2.27. The smallest absolute Gasteiger partial charge is 0.200 e. The summed E-state index contributed by atoms with van der Waals surface area (Å²) >= 11 is 0. The molecule has 0 amide bonds. The van der Waals surface area contributed by atoms with Gasteiger partial charge in [0.1, 0.15) is 12.1 Å². The van der Waals surface area contributed by atoms with Crippen LogP contribution in [0.25, 0.3) is 0 Å². The zero-order chi connectivity index (χ0) is 18.0. The number of ketones is 2. The standard InChI is InChI=1S/C17H10F3N3O2/c18-11-1-2-12(19)16(20)15(11)17(25)10-4-13(23-7-10)14(24)3-9-5-21-8-22-6-9/h1-2,4-8,23H,3H2. The van der Waals surface area contributed by atoms with Crippen LogP contribution in [0.3, 0.4) is 0 Å². The summed E-state index contributed by atoms with van der Waals surface area (Å²) in [5, 5.41) is 0. The summed E-state index contributed by atoms with van der Waals surface area (Å²) in [6.07, 6.45) is 5.38. The second kappa shape index (κ2) is 6.68. The minimum Gasteiger partial charge on any atom is -0.358 e. The quantitative estimate of drug-likeness (QED) is 0.570. The van der Waals surface area contributed by atoms with Gasteiger partial charge in [0.25, 0.3) is 0 Å². The molecule has 0 saturated heterocycles. The van der Waals surface area contributed by atoms with E-state index in [1.165, 1.54) is 18.7 Å². The van der Waals surface area contributed by atoms with Crippen molar-refractivity contribution in [3.05, 3.63) is 83.0 Å². The van der Waals surface area contributed by atoms with Gasteiger partial charge in [-0.25, -0.2) is 23.1 Å². The molecule has 0 fully saturated rings. The molecule has 8 heteroatoms. The molecule has 5 nitrogen and oxygen atoms in total. The maximum Gasteiger partial charge on any atom is 0.200 e. The van der Waals surface area contributed by atoms with Gasteiger partial charge >= 0.3 is 0 Å². The number of aromatic nitrogens is 3. The number of nitrogens with zero attached hydrogens (tertiary/aromatic N) is 2. The van der Waals surface area contributed by atoms with Crippen molar-refractivity contribution in [2.45, 2.75) is 6.42 Å². The summed E-state index contributed by atoms with van der Waals surface area (Å²) in [5.41, 5.74) is -0.521. The summed E-state index contributed by atoms with van der Waals surface area (Å²) in [6, 6.07) is 2.42. The van der Waals surface area contributed by atoms with Crippen LogP contribution < -0.4 is 0 Å². The Kier molecular flexibility index (Phi) is 4.42. The second-order valence-corrected chi connectivity index (χ2v) is 5.20. The predicted molar refractivity (Wildman–Crippen MR) is 80.6 cm³/mol. The molecule has 0 spiro atoms. The molecule has 0 bridgehead atoms. The number of rotatable bonds is 5. The van der Waals surface area contributed by atoms with E-state index in [4.69, 9.17) is 0 Å². The first-order chi connectivity index (χ1) is 12.0. The number of Topliss-reactive ketones (excluding diaryl/α,β-unsaturated/α-hetero) is 1. The largest absolute Gasteiger partial charge is 0.358 e. The third-order valence-electron chi connectivity index (χ3n) is 3.50. The molecule has 0 saturated carbocycles. The zero-order valence-corrected chi connectivity index (χ0v) is 12.6. The van der Waals surface area contributed by atoms with Crippen molar-refractivity contribution in [2.75, 3.05) is 0 Å². The van der Waals surface area contributed by atoms with E-state index in [1.807, 2.05) is 0 Å². The van der Waals surface area contributed by atoms with Gasteiger partial charge in [0.2, 0.25) is 5.78 Å². The van der Waals surface area contributed by atoms with E-state index in [-0.39, 0.29) is 23.5 Å². The molecule has 3 rings (SSSR count). The van der Waals surface area contributed by atoms with Crippen molar-refractivity contribution in [3.63, 3.8) is 0 Å². The lowest BCUT2D eigenvalue weighted by molar-refractivity contribution is 0.0988. The Morgan fingerprint density at radius 2 is 1.72 bits per heavy atom. The van der Waals surface area contributed by atoms with Gasteiger partial charge in [-0.15, -0.1) is 0 Å². The zero-order valence-electron chi connectivity index (χ0n) is 12.6. The molecule has 0 aliphatic carbocycles. The molecule has 25 heavy (non-hydrogen) atoms. The van der Waals surface area contributed by atoms with Crippen LogP contribution in [0.2, 0.25) is 0 Å². The number of hydrogen-bond acceptors (Lipinski definition) is 4. The van der Waals surface area contributed by atoms with Crippen molar-refractivity contribution < 1.29 is 22.8 Å². The molecule has 1 N–H and O–H groups in total. The van der Waals surface area contributed by atoms with E-state index in [9.17, 15) is 22.8 Å². The summed E-state index contributed by atoms with van der Waals surface area (Å²) < 4.78 is 40.7. The van der Waals surface area contributed by atoms with Crippen LogP contribution in [-0.2, 0) is 6.42 Å².